The highest BCUT2D eigenvalue weighted by Gasteiger charge is 1.96. The SMILES string of the molecule is Cc1ccc(O)c(N=C/C=C/c2ccc(Cl)cc2)c1. The Morgan fingerprint density at radius 3 is 2.58 bits per heavy atom. The lowest BCUT2D eigenvalue weighted by atomic mass is 10.2. The molecule has 2 nitrogen and oxygen atoms in total. The Kier molecular flexibility index (Phi) is 4.37. The van der Waals surface area contributed by atoms with Crippen molar-refractivity contribution in [2.45, 2.75) is 6.92 Å². The number of aryl methyl sites for hydroxylation is 1. The van der Waals surface area contributed by atoms with Crippen molar-refractivity contribution in [1.82, 2.24) is 0 Å². The number of rotatable bonds is 3. The number of halogens is 1. The molecule has 0 aliphatic rings. The molecular formula is C16H14ClNO. The van der Waals surface area contributed by atoms with Crippen molar-refractivity contribution in [2.24, 2.45) is 4.99 Å². The van der Waals surface area contributed by atoms with E-state index in [1.165, 1.54) is 0 Å². The van der Waals surface area contributed by atoms with E-state index in [1.807, 2.05) is 55.5 Å². The molecule has 0 aliphatic heterocycles. The first kappa shape index (κ1) is 13.4. The smallest absolute Gasteiger partial charge is 0.141 e. The zero-order chi connectivity index (χ0) is 13.7. The van der Waals surface area contributed by atoms with Crippen LogP contribution in [0.25, 0.3) is 6.08 Å². The molecule has 0 saturated heterocycles. The summed E-state index contributed by atoms with van der Waals surface area (Å²) in [5.41, 5.74) is 2.68. The number of allylic oxidation sites excluding steroid dienone is 1. The first-order chi connectivity index (χ1) is 9.15. The quantitative estimate of drug-likeness (QED) is 0.802. The van der Waals surface area contributed by atoms with Gasteiger partial charge in [0.25, 0.3) is 0 Å². The Morgan fingerprint density at radius 1 is 1.11 bits per heavy atom. The molecule has 3 heteroatoms. The number of benzene rings is 2. The summed E-state index contributed by atoms with van der Waals surface area (Å²) >= 11 is 5.81. The van der Waals surface area contributed by atoms with Crippen LogP contribution in [0, 0.1) is 6.92 Å². The van der Waals surface area contributed by atoms with Gasteiger partial charge in [0.1, 0.15) is 11.4 Å². The van der Waals surface area contributed by atoms with E-state index in [4.69, 9.17) is 11.6 Å². The molecule has 2 aromatic rings. The summed E-state index contributed by atoms with van der Waals surface area (Å²) in [7, 11) is 0. The van der Waals surface area contributed by atoms with Crippen molar-refractivity contribution in [1.29, 1.82) is 0 Å². The lowest BCUT2D eigenvalue weighted by Gasteiger charge is -1.98. The van der Waals surface area contributed by atoms with Gasteiger partial charge in [-0.1, -0.05) is 35.9 Å². The van der Waals surface area contributed by atoms with Gasteiger partial charge in [0.2, 0.25) is 0 Å². The molecule has 0 spiro atoms. The van der Waals surface area contributed by atoms with Crippen molar-refractivity contribution < 1.29 is 5.11 Å². The molecule has 19 heavy (non-hydrogen) atoms. The zero-order valence-corrected chi connectivity index (χ0v) is 11.3. The third kappa shape index (κ3) is 3.97. The predicted octanol–water partition coefficient (Wildman–Crippen LogP) is 4.77. The van der Waals surface area contributed by atoms with E-state index >= 15 is 0 Å². The number of aliphatic imine (C=N–C) groups is 1. The summed E-state index contributed by atoms with van der Waals surface area (Å²) in [6.45, 7) is 1.96. The molecule has 0 unspecified atom stereocenters. The van der Waals surface area contributed by atoms with Crippen molar-refractivity contribution in [2.75, 3.05) is 0 Å². The topological polar surface area (TPSA) is 32.6 Å². The number of phenolic OH excluding ortho intramolecular Hbond substituents is 1. The molecule has 0 aromatic heterocycles. The van der Waals surface area contributed by atoms with E-state index in [0.29, 0.717) is 5.69 Å². The Labute approximate surface area is 117 Å². The second-order valence-electron chi connectivity index (χ2n) is 4.18. The highest BCUT2D eigenvalue weighted by Crippen LogP contribution is 2.26. The third-order valence-electron chi connectivity index (χ3n) is 2.59. The normalized spacial score (nSPS) is 11.5. The minimum Gasteiger partial charge on any atom is -0.506 e. The lowest BCUT2D eigenvalue weighted by molar-refractivity contribution is 0.477. The van der Waals surface area contributed by atoms with Gasteiger partial charge in [-0.3, -0.25) is 4.99 Å². The Bertz CT molecular complexity index is 615. The molecule has 1 N–H and O–H groups in total. The Morgan fingerprint density at radius 2 is 1.84 bits per heavy atom. The van der Waals surface area contributed by atoms with E-state index in [1.54, 1.807) is 12.3 Å². The van der Waals surface area contributed by atoms with Crippen LogP contribution < -0.4 is 0 Å². The average molecular weight is 272 g/mol. The number of hydrogen-bond acceptors (Lipinski definition) is 2. The van der Waals surface area contributed by atoms with Gasteiger partial charge in [-0.2, -0.15) is 0 Å². The molecule has 0 saturated carbocycles. The van der Waals surface area contributed by atoms with Crippen molar-refractivity contribution in [3.8, 4) is 5.75 Å². The molecule has 0 bridgehead atoms. The lowest BCUT2D eigenvalue weighted by Crippen LogP contribution is -1.74. The fourth-order valence-electron chi connectivity index (χ4n) is 1.59. The van der Waals surface area contributed by atoms with E-state index in [2.05, 4.69) is 4.99 Å². The number of phenols is 1. The maximum Gasteiger partial charge on any atom is 0.141 e. The van der Waals surface area contributed by atoms with E-state index in [9.17, 15) is 5.11 Å². The number of nitrogens with zero attached hydrogens (tertiary/aromatic N) is 1. The van der Waals surface area contributed by atoms with Crippen molar-refractivity contribution in [3.05, 3.63) is 64.7 Å². The first-order valence-corrected chi connectivity index (χ1v) is 6.29. The summed E-state index contributed by atoms with van der Waals surface area (Å²) in [5, 5.41) is 10.3. The average Bonchev–Trinajstić information content (AvgIpc) is 2.40. The highest BCUT2D eigenvalue weighted by molar-refractivity contribution is 6.30. The van der Waals surface area contributed by atoms with Crippen LogP contribution in [0.2, 0.25) is 5.02 Å². The zero-order valence-electron chi connectivity index (χ0n) is 10.5. The predicted molar refractivity (Wildman–Crippen MR) is 81.5 cm³/mol. The molecule has 2 aromatic carbocycles. The van der Waals surface area contributed by atoms with Gasteiger partial charge < -0.3 is 5.11 Å². The summed E-state index contributed by atoms with van der Waals surface area (Å²) in [6.07, 6.45) is 5.40. The monoisotopic (exact) mass is 271 g/mol. The molecule has 0 heterocycles. The second-order valence-corrected chi connectivity index (χ2v) is 4.62. The van der Waals surface area contributed by atoms with Crippen LogP contribution in [0.5, 0.6) is 5.75 Å². The molecule has 96 valence electrons. The van der Waals surface area contributed by atoms with Crippen molar-refractivity contribution >= 4 is 29.6 Å². The van der Waals surface area contributed by atoms with Crippen LogP contribution >= 0.6 is 11.6 Å². The molecule has 2 rings (SSSR count). The summed E-state index contributed by atoms with van der Waals surface area (Å²) in [6, 6.07) is 12.9. The van der Waals surface area contributed by atoms with Crippen LogP contribution in [0.15, 0.2) is 53.5 Å². The van der Waals surface area contributed by atoms with Crippen LogP contribution in [0.1, 0.15) is 11.1 Å². The van der Waals surface area contributed by atoms with Crippen molar-refractivity contribution in [3.63, 3.8) is 0 Å². The first-order valence-electron chi connectivity index (χ1n) is 5.91. The van der Waals surface area contributed by atoms with E-state index in [0.717, 1.165) is 16.1 Å². The Hall–Kier alpha value is -2.06. The van der Waals surface area contributed by atoms with Crippen LogP contribution in [-0.4, -0.2) is 11.3 Å². The highest BCUT2D eigenvalue weighted by atomic mass is 35.5. The maximum atomic E-state index is 9.63. The van der Waals surface area contributed by atoms with Crippen LogP contribution in [-0.2, 0) is 0 Å². The molecule has 0 amide bonds. The fourth-order valence-corrected chi connectivity index (χ4v) is 1.71. The number of aromatic hydroxyl groups is 1. The van der Waals surface area contributed by atoms with Gasteiger partial charge in [0.15, 0.2) is 0 Å². The fraction of sp³-hybridized carbons (Fsp3) is 0.0625. The number of hydrogen-bond donors (Lipinski definition) is 1. The van der Waals surface area contributed by atoms with Crippen LogP contribution in [0.3, 0.4) is 0 Å². The molecule has 0 radical (unpaired) electrons. The van der Waals surface area contributed by atoms with E-state index in [-0.39, 0.29) is 5.75 Å². The van der Waals surface area contributed by atoms with Gasteiger partial charge in [0, 0.05) is 11.2 Å². The van der Waals surface area contributed by atoms with Gasteiger partial charge >= 0.3 is 0 Å². The standard InChI is InChI=1S/C16H14ClNO/c1-12-4-9-16(19)15(11-12)18-10-2-3-13-5-7-14(17)8-6-13/h2-11,19H,1H3/b3-2+,18-10?. The second kappa shape index (κ2) is 6.21. The maximum absolute atomic E-state index is 9.63. The third-order valence-corrected chi connectivity index (χ3v) is 2.84. The van der Waals surface area contributed by atoms with E-state index < -0.39 is 0 Å². The van der Waals surface area contributed by atoms with Gasteiger partial charge in [0.05, 0.1) is 0 Å². The Balaban J connectivity index is 2.07. The van der Waals surface area contributed by atoms with Gasteiger partial charge in [-0.25, -0.2) is 0 Å². The summed E-state index contributed by atoms with van der Waals surface area (Å²) in [4.78, 5) is 4.21. The minimum atomic E-state index is 0.182. The molecule has 0 fully saturated rings. The molecular weight excluding hydrogens is 258 g/mol. The molecule has 0 aliphatic carbocycles. The van der Waals surface area contributed by atoms with Gasteiger partial charge in [-0.05, 0) is 48.4 Å². The minimum absolute atomic E-state index is 0.182. The largest absolute Gasteiger partial charge is 0.506 e. The summed E-state index contributed by atoms with van der Waals surface area (Å²) < 4.78 is 0. The molecule has 0 atom stereocenters. The summed E-state index contributed by atoms with van der Waals surface area (Å²) in [5.74, 6) is 0.182. The van der Waals surface area contributed by atoms with Gasteiger partial charge in [-0.15, -0.1) is 0 Å². The van der Waals surface area contributed by atoms with Crippen LogP contribution in [0.4, 0.5) is 5.69 Å².